The van der Waals surface area contributed by atoms with Gasteiger partial charge in [0.1, 0.15) is 0 Å². The third kappa shape index (κ3) is 9.07. The molecule has 9 aromatic rings. The fourth-order valence-electron chi connectivity index (χ4n) is 12.0. The van der Waals surface area contributed by atoms with Crippen LogP contribution in [0, 0.1) is 0 Å². The minimum Gasteiger partial charge on any atom is -0.310 e. The maximum absolute atomic E-state index is 2.64. The second-order valence-electron chi connectivity index (χ2n) is 25.8. The molecule has 9 aromatic carbocycles. The summed E-state index contributed by atoms with van der Waals surface area (Å²) in [6.07, 6.45) is 0. The zero-order chi connectivity index (χ0) is 54.2. The van der Waals surface area contributed by atoms with Gasteiger partial charge in [-0.1, -0.05) is 243 Å². The van der Waals surface area contributed by atoms with Crippen LogP contribution >= 0.6 is 47.0 Å². The molecular weight excluding hydrogens is 1020 g/mol. The third-order valence-corrected chi connectivity index (χ3v) is 20.9. The quantitative estimate of drug-likeness (QED) is 0.152. The van der Waals surface area contributed by atoms with Crippen LogP contribution in [0.4, 0.5) is 34.1 Å². The van der Waals surface area contributed by atoms with Crippen molar-refractivity contribution in [2.45, 2.75) is 144 Å². The number of benzene rings is 9. The molecule has 0 N–H and O–H groups in total. The summed E-state index contributed by atoms with van der Waals surface area (Å²) in [5.41, 5.74) is 21.1. The molecule has 0 unspecified atom stereocenters. The number of nitrogens with zero attached hydrogens (tertiary/aromatic N) is 2. The lowest BCUT2D eigenvalue weighted by atomic mass is 9.33. The Labute approximate surface area is 481 Å². The molecule has 386 valence electrons. The van der Waals surface area contributed by atoms with Crippen LogP contribution in [0.5, 0.6) is 0 Å². The predicted octanol–water partition coefficient (Wildman–Crippen LogP) is 16.7. The number of fused-ring (bicyclic) bond motifs is 8. The summed E-state index contributed by atoms with van der Waals surface area (Å²) >= 11 is 7.81. The van der Waals surface area contributed by atoms with E-state index in [0.717, 1.165) is 22.7 Å². The molecule has 8 heteroatoms. The highest BCUT2D eigenvalue weighted by atomic mass is 32.2. The number of hydrogen-bond acceptors (Lipinski definition) is 6. The molecule has 4 heterocycles. The molecule has 4 aliphatic heterocycles. The van der Waals surface area contributed by atoms with Crippen LogP contribution in [0.3, 0.4) is 0 Å². The van der Waals surface area contributed by atoms with Crippen molar-refractivity contribution in [2.24, 2.45) is 0 Å². The molecule has 4 aliphatic rings. The van der Waals surface area contributed by atoms with Gasteiger partial charge in [-0.3, -0.25) is 0 Å². The number of anilines is 6. The first kappa shape index (κ1) is 51.5. The highest BCUT2D eigenvalue weighted by Crippen LogP contribution is 2.48. The highest BCUT2D eigenvalue weighted by Gasteiger charge is 2.44. The van der Waals surface area contributed by atoms with E-state index in [0.29, 0.717) is 0 Å². The molecule has 2 nitrogen and oxygen atoms in total. The van der Waals surface area contributed by atoms with Crippen LogP contribution in [-0.2, 0) is 21.7 Å². The summed E-state index contributed by atoms with van der Waals surface area (Å²) < 4.78 is 0. The van der Waals surface area contributed by atoms with Crippen molar-refractivity contribution in [1.82, 2.24) is 0 Å². The average Bonchev–Trinajstić information content (AvgIpc) is 3.29. The van der Waals surface area contributed by atoms with Crippen molar-refractivity contribution >= 4 is 127 Å². The van der Waals surface area contributed by atoms with Crippen molar-refractivity contribution in [3.63, 3.8) is 0 Å². The molecule has 0 amide bonds. The van der Waals surface area contributed by atoms with Crippen LogP contribution < -0.4 is 42.6 Å². The molecule has 0 saturated heterocycles. The third-order valence-electron chi connectivity index (χ3n) is 16.3. The first-order valence-corrected chi connectivity index (χ1v) is 30.9. The van der Waals surface area contributed by atoms with Gasteiger partial charge in [0, 0.05) is 73.3 Å². The van der Waals surface area contributed by atoms with Crippen LogP contribution in [0.15, 0.2) is 221 Å². The molecule has 0 radical (unpaired) electrons. The minimum absolute atomic E-state index is 0.0540. The Bertz CT molecular complexity index is 3480. The lowest BCUT2D eigenvalue weighted by Gasteiger charge is -2.38. The molecule has 0 bridgehead atoms. The minimum atomic E-state index is 0.0540. The summed E-state index contributed by atoms with van der Waals surface area (Å²) in [6, 6.07) is 70.7. The standard InChI is InChI=1S/C70H66B2N2S4/c1-67(2,3)43-21-29-47(30-22-43)73(48-31-23-44(24-32-48)68(4,5)6)51-37-61-65-63(39-51)77-59-42-60-56(41-55(59)71(65)53-17-13-15-19-57(53)75-61)72-54-18-14-16-20-58(54)76-62-38-52(40-64(78-60)66(62)72)74(49-33-25-45(26-34-49)69(7,8)9)50-35-27-46(28-36-50)70(10,11)12/h13-42H,1-12H3. The van der Waals surface area contributed by atoms with E-state index in [1.54, 1.807) is 0 Å². The van der Waals surface area contributed by atoms with E-state index >= 15 is 0 Å². The molecule has 0 fully saturated rings. The smallest absolute Gasteiger partial charge is 0.247 e. The summed E-state index contributed by atoms with van der Waals surface area (Å²) in [5, 5.41) is 0. The molecule has 0 spiro atoms. The largest absolute Gasteiger partial charge is 0.310 e. The summed E-state index contributed by atoms with van der Waals surface area (Å²) in [5.74, 6) is 0. The van der Waals surface area contributed by atoms with E-state index in [2.05, 4.69) is 275 Å². The van der Waals surface area contributed by atoms with Crippen molar-refractivity contribution in [3.8, 4) is 0 Å². The first-order chi connectivity index (χ1) is 37.2. The van der Waals surface area contributed by atoms with Gasteiger partial charge in [-0.2, -0.15) is 0 Å². The monoisotopic (exact) mass is 1080 g/mol. The van der Waals surface area contributed by atoms with Crippen LogP contribution in [0.1, 0.15) is 105 Å². The van der Waals surface area contributed by atoms with Crippen molar-refractivity contribution in [1.29, 1.82) is 0 Å². The molecule has 78 heavy (non-hydrogen) atoms. The topological polar surface area (TPSA) is 6.48 Å². The Hall–Kier alpha value is -5.89. The summed E-state index contributed by atoms with van der Waals surface area (Å²) in [6.45, 7) is 27.8. The second kappa shape index (κ2) is 18.9. The predicted molar refractivity (Wildman–Crippen MR) is 342 cm³/mol. The van der Waals surface area contributed by atoms with Gasteiger partial charge in [0.25, 0.3) is 0 Å². The van der Waals surface area contributed by atoms with Gasteiger partial charge in [0.15, 0.2) is 0 Å². The Morgan fingerprint density at radius 2 is 0.526 bits per heavy atom. The molecule has 0 atom stereocenters. The van der Waals surface area contributed by atoms with Gasteiger partial charge in [0.2, 0.25) is 13.4 Å². The van der Waals surface area contributed by atoms with Gasteiger partial charge in [-0.25, -0.2) is 0 Å². The Balaban J connectivity index is 0.965. The fraction of sp³-hybridized carbons (Fsp3) is 0.229. The SMILES string of the molecule is CC(C)(C)c1ccc(N(c2ccc(C(C)(C)C)cc2)c2cc3c4c(c2)Sc2cc5c(cc2B4c2ccccc2S3)B2c3ccccc3Sc3cc(N(c4ccc(C(C)(C)C)cc4)c4ccc(C(C)(C)C)cc4)cc(c32)S5)cc1. The van der Waals surface area contributed by atoms with Crippen LogP contribution in [0.25, 0.3) is 0 Å². The van der Waals surface area contributed by atoms with Crippen molar-refractivity contribution in [3.05, 3.63) is 204 Å². The zero-order valence-electron chi connectivity index (χ0n) is 47.0. The van der Waals surface area contributed by atoms with E-state index in [4.69, 9.17) is 0 Å². The van der Waals surface area contributed by atoms with Gasteiger partial charge in [0.05, 0.1) is 0 Å². The summed E-state index contributed by atoms with van der Waals surface area (Å²) in [4.78, 5) is 15.7. The Morgan fingerprint density at radius 3 is 0.808 bits per heavy atom. The molecular formula is C70H66B2N2S4. The molecule has 0 aliphatic carbocycles. The highest BCUT2D eigenvalue weighted by molar-refractivity contribution is 8.02. The van der Waals surface area contributed by atoms with E-state index in [-0.39, 0.29) is 35.1 Å². The first-order valence-electron chi connectivity index (χ1n) is 27.6. The lowest BCUT2D eigenvalue weighted by molar-refractivity contribution is 0.590. The van der Waals surface area contributed by atoms with Gasteiger partial charge in [-0.05, 0) is 146 Å². The molecule has 13 rings (SSSR count). The van der Waals surface area contributed by atoms with Gasteiger partial charge < -0.3 is 9.80 Å². The van der Waals surface area contributed by atoms with E-state index in [1.165, 1.54) is 106 Å². The van der Waals surface area contributed by atoms with Crippen molar-refractivity contribution < 1.29 is 0 Å². The Morgan fingerprint density at radius 1 is 0.256 bits per heavy atom. The van der Waals surface area contributed by atoms with E-state index < -0.39 is 0 Å². The number of rotatable bonds is 6. The van der Waals surface area contributed by atoms with Crippen molar-refractivity contribution in [2.75, 3.05) is 9.80 Å². The lowest BCUT2D eigenvalue weighted by Crippen LogP contribution is -2.62. The second-order valence-corrected chi connectivity index (χ2v) is 30.2. The fourth-order valence-corrected chi connectivity index (χ4v) is 17.0. The zero-order valence-corrected chi connectivity index (χ0v) is 50.3. The molecule has 0 saturated carbocycles. The molecule has 0 aromatic heterocycles. The normalized spacial score (nSPS) is 14.2. The van der Waals surface area contributed by atoms with Crippen LogP contribution in [-0.4, -0.2) is 13.4 Å². The van der Waals surface area contributed by atoms with Gasteiger partial charge >= 0.3 is 0 Å². The van der Waals surface area contributed by atoms with E-state index in [9.17, 15) is 0 Å². The number of hydrogen-bond donors (Lipinski definition) is 0. The van der Waals surface area contributed by atoms with Gasteiger partial charge in [-0.15, -0.1) is 0 Å². The summed E-state index contributed by atoms with van der Waals surface area (Å²) in [7, 11) is 0. The van der Waals surface area contributed by atoms with E-state index in [1.807, 2.05) is 47.0 Å². The van der Waals surface area contributed by atoms with Crippen LogP contribution in [0.2, 0.25) is 0 Å². The average molecular weight is 1090 g/mol. The maximum Gasteiger partial charge on any atom is 0.247 e. The Kier molecular flexibility index (Phi) is 12.5. The maximum atomic E-state index is 2.64.